The monoisotopic (exact) mass is 232 g/mol. The molecule has 0 aliphatic heterocycles. The molecule has 0 saturated carbocycles. The summed E-state index contributed by atoms with van der Waals surface area (Å²) in [5.74, 6) is -0.325. The summed E-state index contributed by atoms with van der Waals surface area (Å²) in [6.07, 6.45) is 0.870. The fourth-order valence-corrected chi connectivity index (χ4v) is 2.09. The van der Waals surface area contributed by atoms with Gasteiger partial charge in [0.05, 0.1) is 10.4 Å². The molecular weight excluding hydrogens is 220 g/mol. The number of primary amides is 1. The quantitative estimate of drug-likeness (QED) is 0.807. The summed E-state index contributed by atoms with van der Waals surface area (Å²) < 4.78 is 0.794. The van der Waals surface area contributed by atoms with Gasteiger partial charge in [-0.25, -0.2) is 0 Å². The van der Waals surface area contributed by atoms with Crippen LogP contribution < -0.4 is 11.1 Å². The zero-order valence-electron chi connectivity index (χ0n) is 7.92. The number of carbonyl (C=O) groups excluding carboxylic acids is 1. The molecule has 14 heavy (non-hydrogen) atoms. The lowest BCUT2D eigenvalue weighted by Crippen LogP contribution is -2.39. The van der Waals surface area contributed by atoms with Crippen LogP contribution in [0.4, 0.5) is 0 Å². The number of hydrogen-bond donors (Lipinski definition) is 2. The van der Waals surface area contributed by atoms with Crippen LogP contribution in [0.25, 0.3) is 0 Å². The van der Waals surface area contributed by atoms with Gasteiger partial charge in [-0.15, -0.1) is 11.3 Å². The van der Waals surface area contributed by atoms with Crippen LogP contribution in [0.3, 0.4) is 0 Å². The predicted molar refractivity (Wildman–Crippen MR) is 59.7 cm³/mol. The molecule has 78 valence electrons. The fourth-order valence-electron chi connectivity index (χ4n) is 0.999. The van der Waals surface area contributed by atoms with Gasteiger partial charge in [-0.05, 0) is 25.5 Å². The van der Waals surface area contributed by atoms with E-state index in [0.717, 1.165) is 17.3 Å². The van der Waals surface area contributed by atoms with E-state index in [4.69, 9.17) is 17.3 Å². The van der Waals surface area contributed by atoms with Crippen molar-refractivity contribution in [2.24, 2.45) is 5.73 Å². The molecule has 0 fully saturated rings. The van der Waals surface area contributed by atoms with Gasteiger partial charge >= 0.3 is 0 Å². The van der Waals surface area contributed by atoms with Gasteiger partial charge in [0.2, 0.25) is 5.91 Å². The number of rotatable bonds is 5. The normalized spacial score (nSPS) is 12.7. The summed E-state index contributed by atoms with van der Waals surface area (Å²) in [5.41, 5.74) is 5.10. The van der Waals surface area contributed by atoms with Crippen LogP contribution in [-0.2, 0) is 11.2 Å². The Balaban J connectivity index is 2.25. The summed E-state index contributed by atoms with van der Waals surface area (Å²) in [5, 5.41) is 3.03. The summed E-state index contributed by atoms with van der Waals surface area (Å²) in [6.45, 7) is 2.49. The van der Waals surface area contributed by atoms with E-state index in [1.807, 2.05) is 12.1 Å². The molecule has 1 amide bonds. The molecule has 1 heterocycles. The minimum Gasteiger partial charge on any atom is -0.368 e. The van der Waals surface area contributed by atoms with Gasteiger partial charge in [0.25, 0.3) is 0 Å². The highest BCUT2D eigenvalue weighted by Crippen LogP contribution is 2.21. The second-order valence-electron chi connectivity index (χ2n) is 3.03. The van der Waals surface area contributed by atoms with Crippen LogP contribution in [0.2, 0.25) is 4.34 Å². The lowest BCUT2D eigenvalue weighted by Gasteiger charge is -2.08. The van der Waals surface area contributed by atoms with Gasteiger partial charge < -0.3 is 11.1 Å². The maximum atomic E-state index is 10.7. The highest BCUT2D eigenvalue weighted by Gasteiger charge is 2.06. The van der Waals surface area contributed by atoms with Gasteiger partial charge in [-0.2, -0.15) is 0 Å². The molecule has 3 nitrogen and oxygen atoms in total. The third-order valence-electron chi connectivity index (χ3n) is 1.88. The Morgan fingerprint density at radius 3 is 2.93 bits per heavy atom. The third kappa shape index (κ3) is 3.65. The number of carbonyl (C=O) groups is 1. The number of halogens is 1. The Bertz CT molecular complexity index is 314. The number of nitrogens with two attached hydrogens (primary N) is 1. The molecule has 0 aromatic carbocycles. The van der Waals surface area contributed by atoms with Gasteiger partial charge in [-0.1, -0.05) is 11.6 Å². The van der Waals surface area contributed by atoms with Gasteiger partial charge in [0.15, 0.2) is 0 Å². The molecule has 0 aliphatic carbocycles. The second kappa shape index (κ2) is 5.34. The van der Waals surface area contributed by atoms with Crippen molar-refractivity contribution in [1.82, 2.24) is 5.32 Å². The van der Waals surface area contributed by atoms with Crippen LogP contribution in [0.5, 0.6) is 0 Å². The maximum Gasteiger partial charge on any atom is 0.234 e. The Hall–Kier alpha value is -0.580. The molecule has 1 aromatic rings. The molecule has 0 bridgehead atoms. The number of hydrogen-bond acceptors (Lipinski definition) is 3. The van der Waals surface area contributed by atoms with Crippen molar-refractivity contribution in [1.29, 1.82) is 0 Å². The molecule has 0 saturated heterocycles. The SMILES string of the molecule is CC(NCCc1ccc(Cl)s1)C(N)=O. The van der Waals surface area contributed by atoms with Gasteiger partial charge in [-0.3, -0.25) is 4.79 Å². The van der Waals surface area contributed by atoms with Crippen molar-refractivity contribution >= 4 is 28.8 Å². The smallest absolute Gasteiger partial charge is 0.234 e. The van der Waals surface area contributed by atoms with E-state index in [2.05, 4.69) is 5.32 Å². The van der Waals surface area contributed by atoms with E-state index in [1.165, 1.54) is 4.88 Å². The zero-order valence-corrected chi connectivity index (χ0v) is 9.49. The summed E-state index contributed by atoms with van der Waals surface area (Å²) in [4.78, 5) is 11.9. The largest absolute Gasteiger partial charge is 0.368 e. The van der Waals surface area contributed by atoms with Crippen molar-refractivity contribution in [3.63, 3.8) is 0 Å². The molecule has 0 radical (unpaired) electrons. The van der Waals surface area contributed by atoms with Crippen LogP contribution in [0.1, 0.15) is 11.8 Å². The first kappa shape index (κ1) is 11.5. The van der Waals surface area contributed by atoms with Crippen molar-refractivity contribution in [2.75, 3.05) is 6.54 Å². The Morgan fingerprint density at radius 1 is 1.71 bits per heavy atom. The third-order valence-corrected chi connectivity index (χ3v) is 3.17. The van der Waals surface area contributed by atoms with Crippen molar-refractivity contribution in [3.05, 3.63) is 21.3 Å². The van der Waals surface area contributed by atoms with E-state index in [0.29, 0.717) is 0 Å². The molecule has 0 spiro atoms. The van der Waals surface area contributed by atoms with Crippen molar-refractivity contribution in [2.45, 2.75) is 19.4 Å². The number of nitrogens with one attached hydrogen (secondary N) is 1. The summed E-state index contributed by atoms with van der Waals surface area (Å²) in [7, 11) is 0. The standard InChI is InChI=1S/C9H13ClN2OS/c1-6(9(11)13)12-5-4-7-2-3-8(10)14-7/h2-3,6,12H,4-5H2,1H3,(H2,11,13). The first-order valence-corrected chi connectivity index (χ1v) is 5.56. The van der Waals surface area contributed by atoms with Crippen LogP contribution in [0, 0.1) is 0 Å². The highest BCUT2D eigenvalue weighted by molar-refractivity contribution is 7.16. The zero-order chi connectivity index (χ0) is 10.6. The molecule has 1 aromatic heterocycles. The molecule has 0 aliphatic rings. The van der Waals surface area contributed by atoms with E-state index in [1.54, 1.807) is 18.3 Å². The van der Waals surface area contributed by atoms with Crippen molar-refractivity contribution < 1.29 is 4.79 Å². The van der Waals surface area contributed by atoms with Crippen LogP contribution in [0.15, 0.2) is 12.1 Å². The summed E-state index contributed by atoms with van der Waals surface area (Å²) in [6, 6.07) is 3.59. The number of amides is 1. The van der Waals surface area contributed by atoms with E-state index in [-0.39, 0.29) is 11.9 Å². The van der Waals surface area contributed by atoms with Gasteiger partial charge in [0, 0.05) is 11.4 Å². The molecule has 3 N–H and O–H groups in total. The van der Waals surface area contributed by atoms with Gasteiger partial charge in [0.1, 0.15) is 0 Å². The average molecular weight is 233 g/mol. The molecular formula is C9H13ClN2OS. The Morgan fingerprint density at radius 2 is 2.43 bits per heavy atom. The Kier molecular flexibility index (Phi) is 4.38. The minimum atomic E-state index is -0.325. The molecule has 1 rings (SSSR count). The first-order chi connectivity index (χ1) is 6.59. The topological polar surface area (TPSA) is 55.1 Å². The average Bonchev–Trinajstić information content (AvgIpc) is 2.51. The lowest BCUT2D eigenvalue weighted by molar-refractivity contribution is -0.119. The molecule has 5 heteroatoms. The Labute approximate surface area is 92.3 Å². The molecule has 1 atom stereocenters. The van der Waals surface area contributed by atoms with E-state index in [9.17, 15) is 4.79 Å². The lowest BCUT2D eigenvalue weighted by atomic mass is 10.3. The van der Waals surface area contributed by atoms with Crippen molar-refractivity contribution in [3.8, 4) is 0 Å². The predicted octanol–water partition coefficient (Wildman–Crippen LogP) is 1.41. The maximum absolute atomic E-state index is 10.7. The second-order valence-corrected chi connectivity index (χ2v) is 4.83. The van der Waals surface area contributed by atoms with Crippen LogP contribution >= 0.6 is 22.9 Å². The van der Waals surface area contributed by atoms with E-state index >= 15 is 0 Å². The number of thiophene rings is 1. The minimum absolute atomic E-state index is 0.273. The van der Waals surface area contributed by atoms with E-state index < -0.39 is 0 Å². The van der Waals surface area contributed by atoms with Crippen LogP contribution in [-0.4, -0.2) is 18.5 Å². The first-order valence-electron chi connectivity index (χ1n) is 4.36. The summed E-state index contributed by atoms with van der Waals surface area (Å²) >= 11 is 7.33. The highest BCUT2D eigenvalue weighted by atomic mass is 35.5. The fraction of sp³-hybridized carbons (Fsp3) is 0.444. The molecule has 1 unspecified atom stereocenters.